The highest BCUT2D eigenvalue weighted by Crippen LogP contribution is 2.26. The van der Waals surface area contributed by atoms with E-state index in [1.54, 1.807) is 0 Å². The van der Waals surface area contributed by atoms with Gasteiger partial charge in [0.1, 0.15) is 5.69 Å². The Bertz CT molecular complexity index is 466. The molecule has 1 heterocycles. The van der Waals surface area contributed by atoms with Crippen LogP contribution in [-0.2, 0) is 6.54 Å². The van der Waals surface area contributed by atoms with E-state index in [4.69, 9.17) is 5.73 Å². The number of halogens is 1. The SMILES string of the molecule is CCCn1cc(Br)cc1C(=O)NC(CN)C1CCCCC1. The minimum Gasteiger partial charge on any atom is -0.346 e. The lowest BCUT2D eigenvalue weighted by atomic mass is 9.84. The van der Waals surface area contributed by atoms with E-state index in [0.717, 1.165) is 23.1 Å². The third-order valence-electron chi connectivity index (χ3n) is 4.35. The van der Waals surface area contributed by atoms with Crippen molar-refractivity contribution in [3.8, 4) is 0 Å². The predicted molar refractivity (Wildman–Crippen MR) is 89.3 cm³/mol. The number of hydrogen-bond donors (Lipinski definition) is 2. The molecule has 2 rings (SSSR count). The van der Waals surface area contributed by atoms with Gasteiger partial charge >= 0.3 is 0 Å². The van der Waals surface area contributed by atoms with E-state index in [9.17, 15) is 4.79 Å². The minimum absolute atomic E-state index is 0.00447. The Labute approximate surface area is 135 Å². The summed E-state index contributed by atoms with van der Waals surface area (Å²) in [5.41, 5.74) is 6.62. The summed E-state index contributed by atoms with van der Waals surface area (Å²) in [5, 5.41) is 3.16. The lowest BCUT2D eigenvalue weighted by Gasteiger charge is -2.30. The van der Waals surface area contributed by atoms with Gasteiger partial charge in [0, 0.05) is 29.8 Å². The van der Waals surface area contributed by atoms with Gasteiger partial charge in [0.25, 0.3) is 5.91 Å². The molecule has 0 radical (unpaired) electrons. The molecule has 0 bridgehead atoms. The van der Waals surface area contributed by atoms with Crippen molar-refractivity contribution in [1.82, 2.24) is 9.88 Å². The Morgan fingerprint density at radius 3 is 2.81 bits per heavy atom. The van der Waals surface area contributed by atoms with Crippen LogP contribution in [0.3, 0.4) is 0 Å². The second-order valence-corrected chi connectivity index (χ2v) is 6.87. The van der Waals surface area contributed by atoms with Crippen LogP contribution in [0.2, 0.25) is 0 Å². The molecule has 0 saturated heterocycles. The van der Waals surface area contributed by atoms with Gasteiger partial charge in [0.15, 0.2) is 0 Å². The fourth-order valence-electron chi connectivity index (χ4n) is 3.24. The number of aromatic nitrogens is 1. The molecule has 1 fully saturated rings. The number of carbonyl (C=O) groups excluding carboxylic acids is 1. The predicted octanol–water partition coefficient (Wildman–Crippen LogP) is 3.30. The molecular weight excluding hydrogens is 330 g/mol. The summed E-state index contributed by atoms with van der Waals surface area (Å²) in [6.45, 7) is 3.48. The van der Waals surface area contributed by atoms with Crippen molar-refractivity contribution in [3.05, 3.63) is 22.4 Å². The first-order chi connectivity index (χ1) is 10.2. The lowest BCUT2D eigenvalue weighted by Crippen LogP contribution is -2.46. The van der Waals surface area contributed by atoms with Gasteiger partial charge in [0.2, 0.25) is 0 Å². The van der Waals surface area contributed by atoms with Gasteiger partial charge in [-0.05, 0) is 47.2 Å². The molecule has 0 aliphatic heterocycles. The Balaban J connectivity index is 2.04. The first-order valence-electron chi connectivity index (χ1n) is 8.02. The standard InChI is InChI=1S/C16H26BrN3O/c1-2-8-20-11-13(17)9-15(20)16(21)19-14(10-18)12-6-4-3-5-7-12/h9,11-12,14H,2-8,10,18H2,1H3,(H,19,21). The lowest BCUT2D eigenvalue weighted by molar-refractivity contribution is 0.0906. The Morgan fingerprint density at radius 1 is 1.48 bits per heavy atom. The zero-order valence-corrected chi connectivity index (χ0v) is 14.4. The van der Waals surface area contributed by atoms with Crippen LogP contribution in [0.15, 0.2) is 16.7 Å². The topological polar surface area (TPSA) is 60.0 Å². The van der Waals surface area contributed by atoms with Crippen LogP contribution in [0.25, 0.3) is 0 Å². The van der Waals surface area contributed by atoms with Crippen LogP contribution in [-0.4, -0.2) is 23.1 Å². The summed E-state index contributed by atoms with van der Waals surface area (Å²) in [4.78, 5) is 12.6. The van der Waals surface area contributed by atoms with Gasteiger partial charge in [-0.1, -0.05) is 26.2 Å². The maximum absolute atomic E-state index is 12.6. The van der Waals surface area contributed by atoms with Crippen molar-refractivity contribution >= 4 is 21.8 Å². The van der Waals surface area contributed by atoms with Crippen molar-refractivity contribution in [3.63, 3.8) is 0 Å². The normalized spacial score (nSPS) is 17.7. The van der Waals surface area contributed by atoms with E-state index in [0.29, 0.717) is 12.5 Å². The number of nitrogens with two attached hydrogens (primary N) is 1. The van der Waals surface area contributed by atoms with Crippen LogP contribution >= 0.6 is 15.9 Å². The van der Waals surface area contributed by atoms with Gasteiger partial charge < -0.3 is 15.6 Å². The van der Waals surface area contributed by atoms with Crippen LogP contribution < -0.4 is 11.1 Å². The Hall–Kier alpha value is -0.810. The highest BCUT2D eigenvalue weighted by atomic mass is 79.9. The maximum Gasteiger partial charge on any atom is 0.268 e. The van der Waals surface area contributed by atoms with Gasteiger partial charge in [-0.15, -0.1) is 0 Å². The second kappa shape index (κ2) is 7.99. The molecule has 1 amide bonds. The summed E-state index contributed by atoms with van der Waals surface area (Å²) >= 11 is 3.46. The average molecular weight is 356 g/mol. The van der Waals surface area contributed by atoms with Gasteiger partial charge in [0.05, 0.1) is 0 Å². The van der Waals surface area contributed by atoms with Gasteiger partial charge in [-0.3, -0.25) is 4.79 Å². The number of nitrogens with one attached hydrogen (secondary N) is 1. The van der Waals surface area contributed by atoms with Crippen LogP contribution in [0.4, 0.5) is 0 Å². The second-order valence-electron chi connectivity index (χ2n) is 5.95. The number of aryl methyl sites for hydroxylation is 1. The zero-order valence-electron chi connectivity index (χ0n) is 12.8. The largest absolute Gasteiger partial charge is 0.346 e. The molecule has 0 aromatic carbocycles. The molecular formula is C16H26BrN3O. The van der Waals surface area contributed by atoms with E-state index in [2.05, 4.69) is 28.2 Å². The van der Waals surface area contributed by atoms with E-state index in [1.807, 2.05) is 16.8 Å². The van der Waals surface area contributed by atoms with Crippen LogP contribution in [0, 0.1) is 5.92 Å². The minimum atomic E-state index is -0.00447. The summed E-state index contributed by atoms with van der Waals surface area (Å²) < 4.78 is 2.96. The molecule has 1 aliphatic rings. The molecule has 5 heteroatoms. The Morgan fingerprint density at radius 2 is 2.19 bits per heavy atom. The summed E-state index contributed by atoms with van der Waals surface area (Å²) in [6.07, 6.45) is 9.17. The van der Waals surface area contributed by atoms with E-state index in [-0.39, 0.29) is 11.9 Å². The highest BCUT2D eigenvalue weighted by molar-refractivity contribution is 9.10. The van der Waals surface area contributed by atoms with Crippen molar-refractivity contribution < 1.29 is 4.79 Å². The fourth-order valence-corrected chi connectivity index (χ4v) is 3.70. The molecule has 1 saturated carbocycles. The molecule has 21 heavy (non-hydrogen) atoms. The number of carbonyl (C=O) groups is 1. The maximum atomic E-state index is 12.6. The van der Waals surface area contributed by atoms with E-state index < -0.39 is 0 Å². The number of hydrogen-bond acceptors (Lipinski definition) is 2. The molecule has 118 valence electrons. The molecule has 1 atom stereocenters. The first-order valence-corrected chi connectivity index (χ1v) is 8.81. The highest BCUT2D eigenvalue weighted by Gasteiger charge is 2.25. The quantitative estimate of drug-likeness (QED) is 0.822. The third kappa shape index (κ3) is 4.33. The number of rotatable bonds is 6. The average Bonchev–Trinajstić information content (AvgIpc) is 2.87. The first kappa shape index (κ1) is 16.6. The third-order valence-corrected chi connectivity index (χ3v) is 4.78. The van der Waals surface area contributed by atoms with Crippen molar-refractivity contribution in [1.29, 1.82) is 0 Å². The smallest absolute Gasteiger partial charge is 0.268 e. The van der Waals surface area contributed by atoms with E-state index >= 15 is 0 Å². The molecule has 0 spiro atoms. The van der Waals surface area contributed by atoms with Crippen molar-refractivity contribution in [2.75, 3.05) is 6.54 Å². The molecule has 3 N–H and O–H groups in total. The molecule has 4 nitrogen and oxygen atoms in total. The molecule has 1 aromatic heterocycles. The Kier molecular flexibility index (Phi) is 6.30. The molecule has 1 aliphatic carbocycles. The van der Waals surface area contributed by atoms with Crippen LogP contribution in [0.1, 0.15) is 55.9 Å². The molecule has 1 aromatic rings. The zero-order chi connectivity index (χ0) is 15.2. The van der Waals surface area contributed by atoms with Crippen LogP contribution in [0.5, 0.6) is 0 Å². The number of nitrogens with zero attached hydrogens (tertiary/aromatic N) is 1. The fraction of sp³-hybridized carbons (Fsp3) is 0.688. The van der Waals surface area contributed by atoms with Crippen molar-refractivity contribution in [2.24, 2.45) is 11.7 Å². The summed E-state index contributed by atoms with van der Waals surface area (Å²) in [5.74, 6) is 0.529. The van der Waals surface area contributed by atoms with E-state index in [1.165, 1.54) is 32.1 Å². The molecule has 1 unspecified atom stereocenters. The summed E-state index contributed by atoms with van der Waals surface area (Å²) in [6, 6.07) is 1.99. The number of amides is 1. The summed E-state index contributed by atoms with van der Waals surface area (Å²) in [7, 11) is 0. The monoisotopic (exact) mass is 355 g/mol. The van der Waals surface area contributed by atoms with Gasteiger partial charge in [-0.25, -0.2) is 0 Å². The van der Waals surface area contributed by atoms with Crippen molar-refractivity contribution in [2.45, 2.75) is 58.0 Å². The van der Waals surface area contributed by atoms with Gasteiger partial charge in [-0.2, -0.15) is 0 Å².